The summed E-state index contributed by atoms with van der Waals surface area (Å²) in [6.45, 7) is 5.23. The van der Waals surface area contributed by atoms with Crippen molar-refractivity contribution >= 4 is 5.91 Å². The molecule has 0 aliphatic heterocycles. The highest BCUT2D eigenvalue weighted by Crippen LogP contribution is 2.28. The van der Waals surface area contributed by atoms with E-state index in [1.165, 1.54) is 6.08 Å². The molecule has 0 spiro atoms. The van der Waals surface area contributed by atoms with Crippen molar-refractivity contribution in [3.8, 4) is 5.75 Å². The van der Waals surface area contributed by atoms with Gasteiger partial charge in [0.2, 0.25) is 0 Å². The minimum Gasteiger partial charge on any atom is -0.489 e. The predicted molar refractivity (Wildman–Crippen MR) is 126 cm³/mol. The Labute approximate surface area is 194 Å². The molecule has 1 amide bonds. The molecule has 0 radical (unpaired) electrons. The summed E-state index contributed by atoms with van der Waals surface area (Å²) in [5, 5.41) is 2.82. The van der Waals surface area contributed by atoms with Gasteiger partial charge < -0.3 is 14.8 Å². The van der Waals surface area contributed by atoms with Crippen LogP contribution in [0.25, 0.3) is 0 Å². The van der Waals surface area contributed by atoms with Gasteiger partial charge in [0.25, 0.3) is 5.91 Å². The van der Waals surface area contributed by atoms with Gasteiger partial charge in [-0.05, 0) is 43.0 Å². The van der Waals surface area contributed by atoms with E-state index in [1.54, 1.807) is 13.2 Å². The minimum absolute atomic E-state index is 0.180. The number of amides is 1. The monoisotopic (exact) mass is 453 g/mol. The molecule has 1 atom stereocenters. The largest absolute Gasteiger partial charge is 0.489 e. The van der Waals surface area contributed by atoms with Crippen molar-refractivity contribution in [1.82, 2.24) is 15.3 Å². The molecular formula is C26H32FN3O3. The molecule has 7 heteroatoms. The number of nitrogens with zero attached hydrogens (tertiary/aromatic N) is 2. The zero-order valence-electron chi connectivity index (χ0n) is 19.6. The number of allylic oxidation sites excluding steroid dienone is 4. The molecule has 1 aromatic heterocycles. The van der Waals surface area contributed by atoms with E-state index in [-0.39, 0.29) is 23.3 Å². The van der Waals surface area contributed by atoms with Gasteiger partial charge in [-0.3, -0.25) is 4.79 Å². The third kappa shape index (κ3) is 6.96. The Hall–Kier alpha value is -3.06. The van der Waals surface area contributed by atoms with Gasteiger partial charge in [0.05, 0.1) is 18.9 Å². The van der Waals surface area contributed by atoms with E-state index in [0.29, 0.717) is 49.9 Å². The molecule has 1 aliphatic carbocycles. The molecule has 1 heterocycles. The first-order chi connectivity index (χ1) is 16.0. The van der Waals surface area contributed by atoms with Gasteiger partial charge in [0.15, 0.2) is 11.4 Å². The first-order valence-electron chi connectivity index (χ1n) is 11.4. The highest BCUT2D eigenvalue weighted by molar-refractivity contribution is 5.95. The van der Waals surface area contributed by atoms with Crippen molar-refractivity contribution in [1.29, 1.82) is 0 Å². The number of nitrogens with one attached hydrogen (secondary N) is 1. The fraction of sp³-hybridized carbons (Fsp3) is 0.423. The average molecular weight is 454 g/mol. The number of hydrogen-bond donors (Lipinski definition) is 1. The van der Waals surface area contributed by atoms with Crippen LogP contribution in [0.5, 0.6) is 5.75 Å². The quantitative estimate of drug-likeness (QED) is 0.494. The van der Waals surface area contributed by atoms with Crippen molar-refractivity contribution in [2.45, 2.75) is 45.4 Å². The number of carbonyl (C=O) groups excluding carboxylic acids is 1. The summed E-state index contributed by atoms with van der Waals surface area (Å²) in [6.07, 6.45) is 8.04. The summed E-state index contributed by atoms with van der Waals surface area (Å²) in [4.78, 5) is 22.0. The Morgan fingerprint density at radius 3 is 2.67 bits per heavy atom. The van der Waals surface area contributed by atoms with Crippen LogP contribution in [0.3, 0.4) is 0 Å². The Bertz CT molecular complexity index is 1000. The summed E-state index contributed by atoms with van der Waals surface area (Å²) >= 11 is 0. The van der Waals surface area contributed by atoms with Crippen LogP contribution in [0.2, 0.25) is 0 Å². The van der Waals surface area contributed by atoms with Crippen molar-refractivity contribution in [2.75, 3.05) is 26.9 Å². The third-order valence-electron chi connectivity index (χ3n) is 5.46. The second-order valence-corrected chi connectivity index (χ2v) is 8.06. The standard InChI is InChI=1S/C26H32FN3O3/c1-4-5-15-33-25-18(2)29-23(30-24(25)26(31)28-14-16-32-3)17-19-6-8-20(9-7-19)21-10-12-22(27)13-11-21/h6-10,12-13,21H,4-5,11,14-17H2,1-3H3,(H,28,31). The van der Waals surface area contributed by atoms with E-state index < -0.39 is 0 Å². The lowest BCUT2D eigenvalue weighted by Gasteiger charge is -2.15. The maximum Gasteiger partial charge on any atom is 0.273 e. The molecule has 0 saturated carbocycles. The Morgan fingerprint density at radius 1 is 1.21 bits per heavy atom. The predicted octanol–water partition coefficient (Wildman–Crippen LogP) is 4.83. The van der Waals surface area contributed by atoms with E-state index >= 15 is 0 Å². The molecule has 1 unspecified atom stereocenters. The van der Waals surface area contributed by atoms with Crippen molar-refractivity contribution < 1.29 is 18.7 Å². The molecule has 2 aromatic rings. The lowest BCUT2D eigenvalue weighted by molar-refractivity contribution is 0.0926. The van der Waals surface area contributed by atoms with Gasteiger partial charge in [-0.15, -0.1) is 0 Å². The summed E-state index contributed by atoms with van der Waals surface area (Å²) in [5.74, 6) is 0.688. The van der Waals surface area contributed by atoms with Gasteiger partial charge in [-0.2, -0.15) is 0 Å². The van der Waals surface area contributed by atoms with Crippen LogP contribution in [0.1, 0.15) is 65.2 Å². The zero-order chi connectivity index (χ0) is 23.6. The molecule has 0 saturated heterocycles. The first-order valence-corrected chi connectivity index (χ1v) is 11.4. The van der Waals surface area contributed by atoms with Gasteiger partial charge in [-0.25, -0.2) is 14.4 Å². The highest BCUT2D eigenvalue weighted by atomic mass is 19.1. The fourth-order valence-corrected chi connectivity index (χ4v) is 3.60. The number of hydrogen-bond acceptors (Lipinski definition) is 5. The summed E-state index contributed by atoms with van der Waals surface area (Å²) < 4.78 is 24.1. The molecule has 176 valence electrons. The maximum atomic E-state index is 13.2. The van der Waals surface area contributed by atoms with E-state index in [1.807, 2.05) is 25.1 Å². The number of benzene rings is 1. The Kier molecular flexibility index (Phi) is 9.13. The second-order valence-electron chi connectivity index (χ2n) is 8.06. The summed E-state index contributed by atoms with van der Waals surface area (Å²) in [7, 11) is 1.59. The van der Waals surface area contributed by atoms with E-state index in [0.717, 1.165) is 24.0 Å². The number of methoxy groups -OCH3 is 1. The van der Waals surface area contributed by atoms with Crippen molar-refractivity contribution in [2.24, 2.45) is 0 Å². The molecule has 0 fully saturated rings. The van der Waals surface area contributed by atoms with Gasteiger partial charge in [0.1, 0.15) is 11.7 Å². The van der Waals surface area contributed by atoms with Gasteiger partial charge >= 0.3 is 0 Å². The lowest BCUT2D eigenvalue weighted by atomic mass is 9.91. The number of unbranched alkanes of at least 4 members (excludes halogenated alkanes) is 1. The number of ether oxygens (including phenoxy) is 2. The average Bonchev–Trinajstić information content (AvgIpc) is 2.81. The summed E-state index contributed by atoms with van der Waals surface area (Å²) in [5.41, 5.74) is 3.06. The number of halogens is 1. The molecule has 1 aromatic carbocycles. The van der Waals surface area contributed by atoms with Crippen LogP contribution in [0.4, 0.5) is 4.39 Å². The molecule has 1 N–H and O–H groups in total. The summed E-state index contributed by atoms with van der Waals surface area (Å²) in [6, 6.07) is 8.16. The number of rotatable bonds is 11. The van der Waals surface area contributed by atoms with Crippen LogP contribution in [-0.4, -0.2) is 42.7 Å². The van der Waals surface area contributed by atoms with Crippen LogP contribution in [0.15, 0.2) is 48.3 Å². The topological polar surface area (TPSA) is 73.3 Å². The minimum atomic E-state index is -0.301. The molecule has 33 heavy (non-hydrogen) atoms. The van der Waals surface area contributed by atoms with Crippen LogP contribution in [-0.2, 0) is 11.2 Å². The first kappa shape index (κ1) is 24.6. The van der Waals surface area contributed by atoms with Crippen LogP contribution in [0, 0.1) is 6.92 Å². The Balaban J connectivity index is 1.77. The molecular weight excluding hydrogens is 421 g/mol. The SMILES string of the molecule is CCCCOc1c(C)nc(Cc2ccc(C3C=CC(F)=CC3)cc2)nc1C(=O)NCCOC. The van der Waals surface area contributed by atoms with Crippen molar-refractivity contribution in [3.63, 3.8) is 0 Å². The lowest BCUT2D eigenvalue weighted by Crippen LogP contribution is -2.29. The maximum absolute atomic E-state index is 13.2. The molecule has 0 bridgehead atoms. The van der Waals surface area contributed by atoms with E-state index in [2.05, 4.69) is 34.3 Å². The number of carbonyl (C=O) groups is 1. The Morgan fingerprint density at radius 2 is 2.00 bits per heavy atom. The van der Waals surface area contributed by atoms with Gasteiger partial charge in [-0.1, -0.05) is 43.7 Å². The number of aryl methyl sites for hydroxylation is 1. The third-order valence-corrected chi connectivity index (χ3v) is 5.46. The molecule has 3 rings (SSSR count). The number of aromatic nitrogens is 2. The van der Waals surface area contributed by atoms with Crippen LogP contribution >= 0.6 is 0 Å². The molecule has 1 aliphatic rings. The molecule has 6 nitrogen and oxygen atoms in total. The van der Waals surface area contributed by atoms with Gasteiger partial charge in [0, 0.05) is 26.0 Å². The van der Waals surface area contributed by atoms with Crippen molar-refractivity contribution in [3.05, 3.63) is 76.7 Å². The van der Waals surface area contributed by atoms with E-state index in [4.69, 9.17) is 9.47 Å². The second kappa shape index (κ2) is 12.3. The smallest absolute Gasteiger partial charge is 0.273 e. The fourth-order valence-electron chi connectivity index (χ4n) is 3.60. The van der Waals surface area contributed by atoms with E-state index in [9.17, 15) is 9.18 Å². The highest BCUT2D eigenvalue weighted by Gasteiger charge is 2.20. The normalized spacial score (nSPS) is 15.3. The zero-order valence-corrected chi connectivity index (χ0v) is 19.6. The van der Waals surface area contributed by atoms with Crippen LogP contribution < -0.4 is 10.1 Å².